The normalized spacial score (nSPS) is 16.0. The maximum atomic E-state index is 12.5. The maximum absolute atomic E-state index is 12.5. The predicted octanol–water partition coefficient (Wildman–Crippen LogP) is 2.86. The molecule has 1 aliphatic rings. The summed E-state index contributed by atoms with van der Waals surface area (Å²) in [4.78, 5) is 9.23. The molecule has 1 aliphatic heterocycles. The first-order chi connectivity index (χ1) is 14.5. The minimum absolute atomic E-state index is 0.00638. The van der Waals surface area contributed by atoms with Gasteiger partial charge in [0, 0.05) is 30.5 Å². The molecule has 0 radical (unpaired) electrons. The van der Waals surface area contributed by atoms with Crippen LogP contribution in [-0.4, -0.2) is 36.6 Å². The van der Waals surface area contributed by atoms with Gasteiger partial charge in [-0.3, -0.25) is 0 Å². The van der Waals surface area contributed by atoms with Gasteiger partial charge in [-0.05, 0) is 42.2 Å². The Hall–Kier alpha value is -3.01. The number of aromatic nitrogens is 2. The van der Waals surface area contributed by atoms with Gasteiger partial charge in [0.25, 0.3) is 0 Å². The lowest BCUT2D eigenvalue weighted by Crippen LogP contribution is -2.25. The van der Waals surface area contributed by atoms with E-state index in [1.165, 1.54) is 0 Å². The fraction of sp³-hybridized carbons (Fsp3) is 0.238. The quantitative estimate of drug-likeness (QED) is 0.499. The van der Waals surface area contributed by atoms with E-state index in [1.54, 1.807) is 30.5 Å². The number of nitrogens with zero attached hydrogens (tertiary/aromatic N) is 2. The second-order valence-electron chi connectivity index (χ2n) is 7.00. The van der Waals surface area contributed by atoms with Crippen molar-refractivity contribution in [1.29, 1.82) is 0 Å². The summed E-state index contributed by atoms with van der Waals surface area (Å²) in [5.74, 6) is 1.06. The Morgan fingerprint density at radius 3 is 2.63 bits per heavy atom. The van der Waals surface area contributed by atoms with Crippen LogP contribution in [0.3, 0.4) is 0 Å². The number of hydrogen-bond donors (Lipinski definition) is 4. The molecule has 4 rings (SSSR count). The van der Waals surface area contributed by atoms with Crippen molar-refractivity contribution < 1.29 is 13.5 Å². The van der Waals surface area contributed by atoms with Gasteiger partial charge < -0.3 is 15.7 Å². The van der Waals surface area contributed by atoms with Gasteiger partial charge in [-0.1, -0.05) is 30.3 Å². The molecule has 156 valence electrons. The van der Waals surface area contributed by atoms with E-state index in [2.05, 4.69) is 25.3 Å². The molecule has 0 spiro atoms. The fourth-order valence-electron chi connectivity index (χ4n) is 3.19. The van der Waals surface area contributed by atoms with Crippen LogP contribution in [0.5, 0.6) is 0 Å². The van der Waals surface area contributed by atoms with Crippen molar-refractivity contribution in [1.82, 2.24) is 14.7 Å². The summed E-state index contributed by atoms with van der Waals surface area (Å²) in [5.41, 5.74) is 3.22. The molecule has 3 aromatic rings. The highest BCUT2D eigenvalue weighted by molar-refractivity contribution is 7.89. The minimum Gasteiger partial charge on any atom is -0.392 e. The Bertz CT molecular complexity index is 1130. The number of benzene rings is 2. The summed E-state index contributed by atoms with van der Waals surface area (Å²) < 4.78 is 27.6. The Morgan fingerprint density at radius 2 is 1.83 bits per heavy atom. The molecule has 0 saturated heterocycles. The highest BCUT2D eigenvalue weighted by Gasteiger charge is 2.15. The van der Waals surface area contributed by atoms with E-state index in [9.17, 15) is 13.5 Å². The van der Waals surface area contributed by atoms with Crippen LogP contribution >= 0.6 is 0 Å². The average Bonchev–Trinajstić information content (AvgIpc) is 2.76. The van der Waals surface area contributed by atoms with E-state index >= 15 is 0 Å². The highest BCUT2D eigenvalue weighted by Crippen LogP contribution is 2.28. The number of anilines is 3. The number of sulfonamides is 1. The van der Waals surface area contributed by atoms with Crippen LogP contribution in [-0.2, 0) is 16.6 Å². The molecule has 2 heterocycles. The lowest BCUT2D eigenvalue weighted by molar-refractivity contribution is 0.282. The molecule has 0 aliphatic carbocycles. The number of nitrogens with one attached hydrogen (secondary N) is 3. The largest absolute Gasteiger partial charge is 0.392 e. The van der Waals surface area contributed by atoms with Crippen LogP contribution in [0.15, 0.2) is 59.6 Å². The zero-order valence-corrected chi connectivity index (χ0v) is 17.1. The molecule has 0 amide bonds. The fourth-order valence-corrected chi connectivity index (χ4v) is 4.31. The highest BCUT2D eigenvalue weighted by atomic mass is 32.2. The van der Waals surface area contributed by atoms with Gasteiger partial charge in [0.1, 0.15) is 5.82 Å². The second kappa shape index (κ2) is 8.78. The zero-order chi connectivity index (χ0) is 21.0. The van der Waals surface area contributed by atoms with Crippen molar-refractivity contribution >= 4 is 27.5 Å². The van der Waals surface area contributed by atoms with Gasteiger partial charge in [0.05, 0.1) is 11.5 Å². The molecule has 0 unspecified atom stereocenters. The number of rotatable bonds is 2. The summed E-state index contributed by atoms with van der Waals surface area (Å²) in [6.07, 6.45) is 3.21. The minimum atomic E-state index is -3.56. The number of hydrogen-bond acceptors (Lipinski definition) is 7. The van der Waals surface area contributed by atoms with Crippen LogP contribution in [0.2, 0.25) is 0 Å². The molecule has 30 heavy (non-hydrogen) atoms. The number of aliphatic hydroxyl groups excluding tert-OH is 1. The first kappa shape index (κ1) is 20.3. The molecular formula is C21H23N5O3S. The molecule has 8 nitrogen and oxygen atoms in total. The molecule has 4 N–H and O–H groups in total. The Morgan fingerprint density at radius 1 is 1.03 bits per heavy atom. The molecule has 4 bridgehead atoms. The van der Waals surface area contributed by atoms with E-state index in [0.29, 0.717) is 37.0 Å². The van der Waals surface area contributed by atoms with Crippen molar-refractivity contribution in [2.45, 2.75) is 24.3 Å². The first-order valence-corrected chi connectivity index (χ1v) is 11.2. The third-order valence-corrected chi connectivity index (χ3v) is 6.28. The summed E-state index contributed by atoms with van der Waals surface area (Å²) in [6.45, 7) is 1.00. The van der Waals surface area contributed by atoms with Gasteiger partial charge >= 0.3 is 0 Å². The van der Waals surface area contributed by atoms with Crippen molar-refractivity contribution in [3.8, 4) is 11.1 Å². The van der Waals surface area contributed by atoms with Gasteiger partial charge in [-0.15, -0.1) is 0 Å². The van der Waals surface area contributed by atoms with E-state index in [0.717, 1.165) is 23.1 Å². The van der Waals surface area contributed by atoms with Crippen molar-refractivity contribution in [2.24, 2.45) is 0 Å². The monoisotopic (exact) mass is 425 g/mol. The molecule has 0 atom stereocenters. The van der Waals surface area contributed by atoms with Crippen LogP contribution in [0.25, 0.3) is 11.1 Å². The summed E-state index contributed by atoms with van der Waals surface area (Å²) in [7, 11) is -3.56. The molecule has 9 heteroatoms. The molecule has 0 saturated carbocycles. The third kappa shape index (κ3) is 4.59. The van der Waals surface area contributed by atoms with Crippen LogP contribution < -0.4 is 15.4 Å². The maximum Gasteiger partial charge on any atom is 0.240 e. The Kier molecular flexibility index (Phi) is 5.93. The SMILES string of the molecule is O=S1(=O)NCCCCNc2nc(ncc2-c2ccc(CO)cc2)Nc2cccc1c2. The van der Waals surface area contributed by atoms with E-state index < -0.39 is 10.0 Å². The van der Waals surface area contributed by atoms with E-state index in [-0.39, 0.29) is 11.5 Å². The first-order valence-electron chi connectivity index (χ1n) is 9.73. The average molecular weight is 426 g/mol. The second-order valence-corrected chi connectivity index (χ2v) is 8.76. The summed E-state index contributed by atoms with van der Waals surface area (Å²) in [5, 5.41) is 15.7. The summed E-state index contributed by atoms with van der Waals surface area (Å²) in [6, 6.07) is 14.2. The molecule has 1 aromatic heterocycles. The van der Waals surface area contributed by atoms with Crippen LogP contribution in [0.1, 0.15) is 18.4 Å². The van der Waals surface area contributed by atoms with Crippen molar-refractivity contribution in [3.63, 3.8) is 0 Å². The Balaban J connectivity index is 1.71. The number of fused-ring (bicyclic) bond motifs is 4. The summed E-state index contributed by atoms with van der Waals surface area (Å²) >= 11 is 0. The van der Waals surface area contributed by atoms with Crippen molar-refractivity contribution in [3.05, 3.63) is 60.3 Å². The third-order valence-electron chi connectivity index (χ3n) is 4.82. The number of aliphatic hydroxyl groups is 1. The molecule has 2 aromatic carbocycles. The van der Waals surface area contributed by atoms with Gasteiger partial charge in [0.2, 0.25) is 16.0 Å². The van der Waals surface area contributed by atoms with Gasteiger partial charge in [0.15, 0.2) is 0 Å². The lowest BCUT2D eigenvalue weighted by atomic mass is 10.1. The van der Waals surface area contributed by atoms with Crippen molar-refractivity contribution in [2.75, 3.05) is 23.7 Å². The van der Waals surface area contributed by atoms with Crippen LogP contribution in [0.4, 0.5) is 17.5 Å². The zero-order valence-electron chi connectivity index (χ0n) is 16.3. The molecule has 0 fully saturated rings. The van der Waals surface area contributed by atoms with Gasteiger partial charge in [-0.25, -0.2) is 18.1 Å². The standard InChI is InChI=1S/C21H23N5O3S/c27-14-15-6-8-16(9-7-15)19-13-23-21-25-17-4-3-5-18(12-17)30(28,29)24-11-2-1-10-22-20(19)26-21/h3-9,12-13,24,27H,1-2,10-11,14H2,(H2,22,23,25,26). The van der Waals surface area contributed by atoms with Crippen LogP contribution in [0, 0.1) is 0 Å². The van der Waals surface area contributed by atoms with Gasteiger partial charge in [-0.2, -0.15) is 4.98 Å². The molecular weight excluding hydrogens is 402 g/mol. The van der Waals surface area contributed by atoms with E-state index in [1.807, 2.05) is 24.3 Å². The van der Waals surface area contributed by atoms with E-state index in [4.69, 9.17) is 0 Å². The lowest BCUT2D eigenvalue weighted by Gasteiger charge is -2.15. The topological polar surface area (TPSA) is 116 Å². The Labute approximate surface area is 175 Å². The smallest absolute Gasteiger partial charge is 0.240 e. The predicted molar refractivity (Wildman–Crippen MR) is 116 cm³/mol.